The van der Waals surface area contributed by atoms with Crippen LogP contribution in [0.15, 0.2) is 45.6 Å². The van der Waals surface area contributed by atoms with Crippen molar-refractivity contribution in [3.63, 3.8) is 0 Å². The van der Waals surface area contributed by atoms with Gasteiger partial charge >= 0.3 is 0 Å². The van der Waals surface area contributed by atoms with Crippen LogP contribution >= 0.6 is 11.6 Å². The van der Waals surface area contributed by atoms with Crippen LogP contribution in [0.5, 0.6) is 5.75 Å². The molecular weight excluding hydrogens is 342 g/mol. The Kier molecular flexibility index (Phi) is 4.51. The molecule has 6 heteroatoms. The number of anilines is 1. The molecule has 3 aromatic rings. The zero-order valence-corrected chi connectivity index (χ0v) is 14.7. The average Bonchev–Trinajstić information content (AvgIpc) is 2.58. The monoisotopic (exact) mass is 357 g/mol. The largest absolute Gasteiger partial charge is 0.495 e. The number of amides is 1. The molecule has 0 unspecified atom stereocenters. The third kappa shape index (κ3) is 3.23. The third-order valence-corrected chi connectivity index (χ3v) is 4.29. The van der Waals surface area contributed by atoms with Gasteiger partial charge in [-0.25, -0.2) is 0 Å². The number of methoxy groups -OCH3 is 1. The van der Waals surface area contributed by atoms with Crippen LogP contribution in [0.2, 0.25) is 5.02 Å². The first kappa shape index (κ1) is 17.0. The highest BCUT2D eigenvalue weighted by atomic mass is 35.5. The van der Waals surface area contributed by atoms with Crippen LogP contribution < -0.4 is 15.5 Å². The highest BCUT2D eigenvalue weighted by Gasteiger charge is 2.16. The van der Waals surface area contributed by atoms with Gasteiger partial charge in [0.15, 0.2) is 11.2 Å². The van der Waals surface area contributed by atoms with Gasteiger partial charge < -0.3 is 14.5 Å². The van der Waals surface area contributed by atoms with E-state index in [1.54, 1.807) is 24.3 Å². The van der Waals surface area contributed by atoms with Gasteiger partial charge in [0.2, 0.25) is 0 Å². The molecule has 3 rings (SSSR count). The van der Waals surface area contributed by atoms with E-state index in [1.807, 2.05) is 19.9 Å². The van der Waals surface area contributed by atoms with Crippen molar-refractivity contribution in [1.82, 2.24) is 0 Å². The Bertz CT molecular complexity index is 1040. The molecule has 0 radical (unpaired) electrons. The van der Waals surface area contributed by atoms with E-state index in [2.05, 4.69) is 5.32 Å². The number of hydrogen-bond donors (Lipinski definition) is 1. The Morgan fingerprint density at radius 1 is 1.16 bits per heavy atom. The molecule has 1 aromatic heterocycles. The van der Waals surface area contributed by atoms with Crippen molar-refractivity contribution in [2.24, 2.45) is 0 Å². The second kappa shape index (κ2) is 6.61. The second-order valence-corrected chi connectivity index (χ2v) is 6.09. The van der Waals surface area contributed by atoms with Crippen LogP contribution in [0.25, 0.3) is 11.0 Å². The molecule has 2 aromatic carbocycles. The number of rotatable bonds is 3. The second-order valence-electron chi connectivity index (χ2n) is 5.66. The predicted octanol–water partition coefficient (Wildman–Crippen LogP) is 4.32. The summed E-state index contributed by atoms with van der Waals surface area (Å²) in [6.07, 6.45) is 0. The fourth-order valence-corrected chi connectivity index (χ4v) is 2.70. The lowest BCUT2D eigenvalue weighted by molar-refractivity contribution is 0.0997. The lowest BCUT2D eigenvalue weighted by atomic mass is 10.1. The molecule has 128 valence electrons. The summed E-state index contributed by atoms with van der Waals surface area (Å²) < 4.78 is 10.9. The maximum atomic E-state index is 12.5. The van der Waals surface area contributed by atoms with Gasteiger partial charge in [0.25, 0.3) is 5.91 Å². The Morgan fingerprint density at radius 2 is 1.92 bits per heavy atom. The molecule has 0 aliphatic rings. The van der Waals surface area contributed by atoms with Crippen LogP contribution in [0.3, 0.4) is 0 Å². The van der Waals surface area contributed by atoms with Crippen molar-refractivity contribution in [2.75, 3.05) is 12.4 Å². The highest BCUT2D eigenvalue weighted by molar-refractivity contribution is 6.31. The molecule has 25 heavy (non-hydrogen) atoms. The molecule has 0 bridgehead atoms. The minimum atomic E-state index is -0.555. The molecule has 0 aliphatic carbocycles. The highest BCUT2D eigenvalue weighted by Crippen LogP contribution is 2.28. The van der Waals surface area contributed by atoms with E-state index in [-0.39, 0.29) is 11.2 Å². The van der Waals surface area contributed by atoms with Gasteiger partial charge in [-0.1, -0.05) is 17.7 Å². The number of hydrogen-bond acceptors (Lipinski definition) is 4. The molecule has 0 saturated heterocycles. The smallest absolute Gasteiger partial charge is 0.291 e. The maximum Gasteiger partial charge on any atom is 0.291 e. The lowest BCUT2D eigenvalue weighted by Gasteiger charge is -2.11. The van der Waals surface area contributed by atoms with Crippen molar-refractivity contribution in [3.05, 3.63) is 68.5 Å². The Hall–Kier alpha value is -2.79. The van der Waals surface area contributed by atoms with Crippen LogP contribution in [0, 0.1) is 13.8 Å². The van der Waals surface area contributed by atoms with Gasteiger partial charge in [-0.15, -0.1) is 0 Å². The minimum absolute atomic E-state index is 0.0757. The Morgan fingerprint density at radius 3 is 2.64 bits per heavy atom. The summed E-state index contributed by atoms with van der Waals surface area (Å²) in [6.45, 7) is 3.76. The molecule has 1 amide bonds. The molecular formula is C19H16ClNO4. The molecule has 5 nitrogen and oxygen atoms in total. The summed E-state index contributed by atoms with van der Waals surface area (Å²) in [7, 11) is 1.49. The molecule has 0 fully saturated rings. The quantitative estimate of drug-likeness (QED) is 0.757. The summed E-state index contributed by atoms with van der Waals surface area (Å²) in [5.41, 5.74) is 2.33. The normalized spacial score (nSPS) is 10.7. The van der Waals surface area contributed by atoms with Gasteiger partial charge in [0, 0.05) is 11.1 Å². The van der Waals surface area contributed by atoms with Gasteiger partial charge in [-0.3, -0.25) is 9.59 Å². The summed E-state index contributed by atoms with van der Waals surface area (Å²) >= 11 is 5.96. The molecule has 0 saturated carbocycles. The van der Waals surface area contributed by atoms with E-state index in [0.717, 1.165) is 11.1 Å². The zero-order chi connectivity index (χ0) is 18.1. The molecule has 0 atom stereocenters. The van der Waals surface area contributed by atoms with E-state index in [9.17, 15) is 9.59 Å². The number of fused-ring (bicyclic) bond motifs is 1. The Labute approximate surface area is 149 Å². The van der Waals surface area contributed by atoms with E-state index in [4.69, 9.17) is 20.8 Å². The fraction of sp³-hybridized carbons (Fsp3) is 0.158. The number of nitrogens with one attached hydrogen (secondary N) is 1. The summed E-state index contributed by atoms with van der Waals surface area (Å²) in [5.74, 6) is -0.179. The number of halogens is 1. The van der Waals surface area contributed by atoms with Crippen LogP contribution in [-0.4, -0.2) is 13.0 Å². The number of carbonyl (C=O) groups is 1. The maximum absolute atomic E-state index is 12.5. The number of benzene rings is 2. The zero-order valence-electron chi connectivity index (χ0n) is 14.0. The van der Waals surface area contributed by atoms with Crippen molar-refractivity contribution < 1.29 is 13.9 Å². The van der Waals surface area contributed by atoms with E-state index < -0.39 is 5.91 Å². The predicted molar refractivity (Wildman–Crippen MR) is 97.9 cm³/mol. The molecule has 1 N–H and O–H groups in total. The van der Waals surface area contributed by atoms with Gasteiger partial charge in [-0.2, -0.15) is 0 Å². The average molecular weight is 358 g/mol. The number of aryl methyl sites for hydroxylation is 2. The van der Waals surface area contributed by atoms with Gasteiger partial charge in [-0.05, 0) is 49.2 Å². The first-order valence-corrected chi connectivity index (χ1v) is 7.97. The van der Waals surface area contributed by atoms with E-state index in [0.29, 0.717) is 27.4 Å². The van der Waals surface area contributed by atoms with Crippen molar-refractivity contribution >= 4 is 34.2 Å². The third-order valence-electron chi connectivity index (χ3n) is 4.05. The van der Waals surface area contributed by atoms with E-state index >= 15 is 0 Å². The van der Waals surface area contributed by atoms with Gasteiger partial charge in [0.05, 0.1) is 18.2 Å². The summed E-state index contributed by atoms with van der Waals surface area (Å²) in [4.78, 5) is 24.9. The topological polar surface area (TPSA) is 68.5 Å². The first-order valence-electron chi connectivity index (χ1n) is 7.59. The first-order chi connectivity index (χ1) is 11.9. The lowest BCUT2D eigenvalue weighted by Crippen LogP contribution is -2.15. The Balaban J connectivity index is 2.05. The van der Waals surface area contributed by atoms with Crippen LogP contribution in [-0.2, 0) is 0 Å². The van der Waals surface area contributed by atoms with Crippen molar-refractivity contribution in [3.8, 4) is 5.75 Å². The minimum Gasteiger partial charge on any atom is -0.495 e. The molecule has 0 aliphatic heterocycles. The van der Waals surface area contributed by atoms with E-state index in [1.165, 1.54) is 13.2 Å². The number of ether oxygens (including phenoxy) is 1. The number of carbonyl (C=O) groups excluding carboxylic acids is 1. The molecule has 0 spiro atoms. The fourth-order valence-electron chi connectivity index (χ4n) is 2.53. The standard InChI is InChI=1S/C19H16ClNO4/c1-10-4-6-13-15(22)9-17(25-18(13)11(10)2)19(23)21-14-8-12(20)5-7-16(14)24-3/h4-9H,1-3H3,(H,21,23). The SMILES string of the molecule is COc1ccc(Cl)cc1NC(=O)c1cc(=O)c2ccc(C)c(C)c2o1. The van der Waals surface area contributed by atoms with Crippen molar-refractivity contribution in [2.45, 2.75) is 13.8 Å². The van der Waals surface area contributed by atoms with Gasteiger partial charge in [0.1, 0.15) is 11.3 Å². The van der Waals surface area contributed by atoms with Crippen LogP contribution in [0.4, 0.5) is 5.69 Å². The summed E-state index contributed by atoms with van der Waals surface area (Å²) in [6, 6.07) is 9.59. The van der Waals surface area contributed by atoms with Crippen molar-refractivity contribution in [1.29, 1.82) is 0 Å². The van der Waals surface area contributed by atoms with Crippen LogP contribution in [0.1, 0.15) is 21.7 Å². The summed E-state index contributed by atoms with van der Waals surface area (Å²) in [5, 5.41) is 3.55. The molecule has 1 heterocycles.